The molecule has 18 heavy (non-hydrogen) atoms. The summed E-state index contributed by atoms with van der Waals surface area (Å²) in [4.78, 5) is 13.5. The molecule has 1 saturated heterocycles. The largest absolute Gasteiger partial charge is 0.354 e. The predicted molar refractivity (Wildman–Crippen MR) is 71.4 cm³/mol. The molecule has 1 aliphatic heterocycles. The van der Waals surface area contributed by atoms with Gasteiger partial charge in [0, 0.05) is 44.0 Å². The third-order valence-corrected chi connectivity index (χ3v) is 3.67. The Hall–Kier alpha value is -1.40. The number of piperazine rings is 1. The van der Waals surface area contributed by atoms with Gasteiger partial charge in [-0.25, -0.2) is 10.8 Å². The van der Waals surface area contributed by atoms with Crippen molar-refractivity contribution in [2.75, 3.05) is 36.5 Å². The second kappa shape index (κ2) is 4.70. The van der Waals surface area contributed by atoms with E-state index in [9.17, 15) is 0 Å². The highest BCUT2D eigenvalue weighted by Crippen LogP contribution is 2.28. The minimum Gasteiger partial charge on any atom is -0.354 e. The van der Waals surface area contributed by atoms with E-state index >= 15 is 0 Å². The Kier molecular flexibility index (Phi) is 3.05. The first-order valence-corrected chi connectivity index (χ1v) is 6.57. The van der Waals surface area contributed by atoms with E-state index in [2.05, 4.69) is 25.2 Å². The molecular weight excluding hydrogens is 228 g/mol. The van der Waals surface area contributed by atoms with Gasteiger partial charge in [0.25, 0.3) is 0 Å². The highest BCUT2D eigenvalue weighted by Gasteiger charge is 2.31. The Morgan fingerprint density at radius 1 is 1.22 bits per heavy atom. The van der Waals surface area contributed by atoms with Gasteiger partial charge in [0.05, 0.1) is 0 Å². The van der Waals surface area contributed by atoms with Gasteiger partial charge in [0.15, 0.2) is 0 Å². The summed E-state index contributed by atoms with van der Waals surface area (Å²) in [7, 11) is 0. The zero-order valence-electron chi connectivity index (χ0n) is 10.8. The van der Waals surface area contributed by atoms with E-state index in [1.807, 2.05) is 13.0 Å². The van der Waals surface area contributed by atoms with Crippen molar-refractivity contribution in [1.82, 2.24) is 14.9 Å². The van der Waals surface area contributed by atoms with Gasteiger partial charge in [-0.2, -0.15) is 4.98 Å². The number of nitrogens with zero attached hydrogens (tertiary/aromatic N) is 4. The van der Waals surface area contributed by atoms with E-state index in [1.54, 1.807) is 0 Å². The molecule has 0 unspecified atom stereocenters. The number of anilines is 2. The van der Waals surface area contributed by atoms with Crippen LogP contribution in [0, 0.1) is 6.92 Å². The summed E-state index contributed by atoms with van der Waals surface area (Å²) in [6.07, 6.45) is 2.77. The highest BCUT2D eigenvalue weighted by atomic mass is 15.3. The van der Waals surface area contributed by atoms with Crippen molar-refractivity contribution in [2.45, 2.75) is 25.8 Å². The van der Waals surface area contributed by atoms with Crippen LogP contribution in [-0.4, -0.2) is 47.1 Å². The maximum Gasteiger partial charge on any atom is 0.239 e. The highest BCUT2D eigenvalue weighted by molar-refractivity contribution is 5.44. The van der Waals surface area contributed by atoms with Crippen molar-refractivity contribution in [3.63, 3.8) is 0 Å². The van der Waals surface area contributed by atoms with Crippen LogP contribution in [0.4, 0.5) is 11.8 Å². The number of rotatable bonds is 3. The molecule has 0 atom stereocenters. The lowest BCUT2D eigenvalue weighted by Crippen LogP contribution is -2.47. The van der Waals surface area contributed by atoms with Crippen molar-refractivity contribution in [3.05, 3.63) is 11.8 Å². The van der Waals surface area contributed by atoms with E-state index in [0.717, 1.165) is 43.7 Å². The van der Waals surface area contributed by atoms with Crippen LogP contribution < -0.4 is 16.2 Å². The second-order valence-corrected chi connectivity index (χ2v) is 5.09. The quantitative estimate of drug-likeness (QED) is 0.594. The first-order chi connectivity index (χ1) is 8.76. The Balaban J connectivity index is 1.69. The summed E-state index contributed by atoms with van der Waals surface area (Å²) < 4.78 is 0. The molecule has 2 aliphatic rings. The van der Waals surface area contributed by atoms with Gasteiger partial charge in [-0.3, -0.25) is 10.3 Å². The summed E-state index contributed by atoms with van der Waals surface area (Å²) >= 11 is 0. The molecule has 6 heteroatoms. The summed E-state index contributed by atoms with van der Waals surface area (Å²) in [5.74, 6) is 6.86. The molecule has 0 bridgehead atoms. The standard InChI is InChI=1S/C12H20N6/c1-9-8-11(15-12(14-9)16-13)18-6-4-17(5-7-18)10-2-3-10/h8,10H,2-7,13H2,1H3,(H,14,15,16). The number of nitrogen functional groups attached to an aromatic ring is 1. The van der Waals surface area contributed by atoms with Crippen molar-refractivity contribution in [3.8, 4) is 0 Å². The second-order valence-electron chi connectivity index (χ2n) is 5.09. The number of hydrogen-bond acceptors (Lipinski definition) is 6. The molecule has 6 nitrogen and oxygen atoms in total. The molecule has 0 radical (unpaired) electrons. The number of aryl methyl sites for hydroxylation is 1. The third kappa shape index (κ3) is 2.39. The lowest BCUT2D eigenvalue weighted by molar-refractivity contribution is 0.247. The molecular formula is C12H20N6. The van der Waals surface area contributed by atoms with Crippen LogP contribution in [0.2, 0.25) is 0 Å². The molecule has 2 fully saturated rings. The van der Waals surface area contributed by atoms with Crippen LogP contribution in [0.3, 0.4) is 0 Å². The van der Waals surface area contributed by atoms with Gasteiger partial charge < -0.3 is 4.90 Å². The molecule has 0 spiro atoms. The van der Waals surface area contributed by atoms with Gasteiger partial charge in [0.1, 0.15) is 5.82 Å². The van der Waals surface area contributed by atoms with Crippen LogP contribution in [0.1, 0.15) is 18.5 Å². The van der Waals surface area contributed by atoms with E-state index < -0.39 is 0 Å². The fourth-order valence-electron chi connectivity index (χ4n) is 2.53. The number of nitrogens with two attached hydrogens (primary N) is 1. The lowest BCUT2D eigenvalue weighted by Gasteiger charge is -2.35. The lowest BCUT2D eigenvalue weighted by atomic mass is 10.3. The van der Waals surface area contributed by atoms with Crippen LogP contribution in [0.5, 0.6) is 0 Å². The van der Waals surface area contributed by atoms with Crippen molar-refractivity contribution >= 4 is 11.8 Å². The van der Waals surface area contributed by atoms with Crippen LogP contribution >= 0.6 is 0 Å². The van der Waals surface area contributed by atoms with Crippen LogP contribution in [0.15, 0.2) is 6.07 Å². The van der Waals surface area contributed by atoms with Gasteiger partial charge in [-0.1, -0.05) is 0 Å². The maximum atomic E-state index is 5.39. The number of hydrogen-bond donors (Lipinski definition) is 2. The van der Waals surface area contributed by atoms with Gasteiger partial charge >= 0.3 is 0 Å². The zero-order chi connectivity index (χ0) is 12.5. The van der Waals surface area contributed by atoms with Crippen molar-refractivity contribution < 1.29 is 0 Å². The molecule has 3 N–H and O–H groups in total. The molecule has 3 rings (SSSR count). The Labute approximate surface area is 107 Å². The fraction of sp³-hybridized carbons (Fsp3) is 0.667. The summed E-state index contributed by atoms with van der Waals surface area (Å²) in [5, 5.41) is 0. The van der Waals surface area contributed by atoms with E-state index in [4.69, 9.17) is 5.84 Å². The average Bonchev–Trinajstić information content (AvgIpc) is 3.22. The van der Waals surface area contributed by atoms with Gasteiger partial charge in [-0.05, 0) is 19.8 Å². The van der Waals surface area contributed by atoms with E-state index in [1.165, 1.54) is 12.8 Å². The van der Waals surface area contributed by atoms with Gasteiger partial charge in [0.2, 0.25) is 5.95 Å². The monoisotopic (exact) mass is 248 g/mol. The minimum absolute atomic E-state index is 0.495. The maximum absolute atomic E-state index is 5.39. The van der Waals surface area contributed by atoms with Crippen LogP contribution in [-0.2, 0) is 0 Å². The summed E-state index contributed by atoms with van der Waals surface area (Å²) in [6.45, 7) is 6.32. The molecule has 98 valence electrons. The molecule has 2 heterocycles. The first-order valence-electron chi connectivity index (χ1n) is 6.57. The number of aromatic nitrogens is 2. The Bertz CT molecular complexity index is 423. The van der Waals surface area contributed by atoms with E-state index in [0.29, 0.717) is 5.95 Å². The van der Waals surface area contributed by atoms with Crippen LogP contribution in [0.25, 0.3) is 0 Å². The molecule has 1 aliphatic carbocycles. The van der Waals surface area contributed by atoms with Gasteiger partial charge in [-0.15, -0.1) is 0 Å². The smallest absolute Gasteiger partial charge is 0.239 e. The average molecular weight is 248 g/mol. The molecule has 0 aromatic carbocycles. The topological polar surface area (TPSA) is 70.3 Å². The molecule has 1 aromatic heterocycles. The molecule has 0 amide bonds. The van der Waals surface area contributed by atoms with Crippen molar-refractivity contribution in [1.29, 1.82) is 0 Å². The minimum atomic E-state index is 0.495. The van der Waals surface area contributed by atoms with E-state index in [-0.39, 0.29) is 0 Å². The Morgan fingerprint density at radius 2 is 1.94 bits per heavy atom. The number of nitrogens with one attached hydrogen (secondary N) is 1. The first kappa shape index (κ1) is 11.7. The summed E-state index contributed by atoms with van der Waals surface area (Å²) in [5.41, 5.74) is 3.47. The van der Waals surface area contributed by atoms with Crippen molar-refractivity contribution in [2.24, 2.45) is 5.84 Å². The fourth-order valence-corrected chi connectivity index (χ4v) is 2.53. The summed E-state index contributed by atoms with van der Waals surface area (Å²) in [6, 6.07) is 2.88. The normalized spacial score (nSPS) is 21.1. The predicted octanol–water partition coefficient (Wildman–Crippen LogP) is 0.355. The molecule has 1 aromatic rings. The number of hydrazine groups is 1. The molecule has 1 saturated carbocycles. The third-order valence-electron chi connectivity index (χ3n) is 3.67. The zero-order valence-corrected chi connectivity index (χ0v) is 10.8. The Morgan fingerprint density at radius 3 is 2.56 bits per heavy atom. The SMILES string of the molecule is Cc1cc(N2CCN(C3CC3)CC2)nc(NN)n1.